The van der Waals surface area contributed by atoms with Crippen molar-refractivity contribution in [3.63, 3.8) is 0 Å². The minimum Gasteiger partial charge on any atom is -0.497 e. The van der Waals surface area contributed by atoms with E-state index in [9.17, 15) is 14.4 Å². The fraction of sp³-hybridized carbons (Fsp3) is 0.348. The first-order valence-corrected chi connectivity index (χ1v) is 9.91. The zero-order chi connectivity index (χ0) is 20.1. The Balaban J connectivity index is 1.45. The first-order valence-electron chi connectivity index (χ1n) is 9.91. The van der Waals surface area contributed by atoms with E-state index in [1.165, 1.54) is 12.0 Å². The van der Waals surface area contributed by atoms with Gasteiger partial charge in [-0.2, -0.15) is 0 Å². The zero-order valence-electron chi connectivity index (χ0n) is 16.0. The van der Waals surface area contributed by atoms with Gasteiger partial charge in [-0.3, -0.25) is 9.59 Å². The van der Waals surface area contributed by atoms with E-state index in [0.29, 0.717) is 28.8 Å². The molecule has 5 rings (SSSR count). The van der Waals surface area contributed by atoms with Crippen molar-refractivity contribution in [3.8, 4) is 11.5 Å². The van der Waals surface area contributed by atoms with Crippen LogP contribution in [0.2, 0.25) is 0 Å². The summed E-state index contributed by atoms with van der Waals surface area (Å²) < 4.78 is 10.7. The lowest BCUT2D eigenvalue weighted by atomic mass is 9.81. The Hall–Kier alpha value is -3.15. The number of ether oxygens (including phenoxy) is 2. The summed E-state index contributed by atoms with van der Waals surface area (Å²) in [5.74, 6) is 0.0304. The summed E-state index contributed by atoms with van der Waals surface area (Å²) in [6.07, 6.45) is 3.02. The van der Waals surface area contributed by atoms with Crippen molar-refractivity contribution in [3.05, 3.63) is 54.1 Å². The molecule has 6 nitrogen and oxygen atoms in total. The number of methoxy groups -OCH3 is 1. The lowest BCUT2D eigenvalue weighted by Crippen LogP contribution is -2.33. The molecule has 0 unspecified atom stereocenters. The van der Waals surface area contributed by atoms with Crippen molar-refractivity contribution in [2.45, 2.75) is 19.3 Å². The summed E-state index contributed by atoms with van der Waals surface area (Å²) in [7, 11) is 1.52. The molecule has 1 heterocycles. The van der Waals surface area contributed by atoms with Gasteiger partial charge in [0.1, 0.15) is 5.75 Å². The van der Waals surface area contributed by atoms with E-state index in [-0.39, 0.29) is 29.4 Å². The normalized spacial score (nSPS) is 27.3. The molecule has 148 valence electrons. The number of fused-ring (bicyclic) bond motifs is 5. The molecule has 0 radical (unpaired) electrons. The van der Waals surface area contributed by atoms with Crippen LogP contribution in [-0.2, 0) is 9.59 Å². The van der Waals surface area contributed by atoms with Crippen molar-refractivity contribution in [2.75, 3.05) is 12.0 Å². The second-order valence-corrected chi connectivity index (χ2v) is 7.99. The molecule has 0 aromatic heterocycles. The highest BCUT2D eigenvalue weighted by atomic mass is 16.5. The number of para-hydroxylation sites is 2. The number of carbonyl (C=O) groups excluding carboxylic acids is 3. The summed E-state index contributed by atoms with van der Waals surface area (Å²) in [4.78, 5) is 40.2. The number of carbonyl (C=O) groups is 3. The molecule has 1 aliphatic heterocycles. The summed E-state index contributed by atoms with van der Waals surface area (Å²) in [6.45, 7) is 0. The van der Waals surface area contributed by atoms with Gasteiger partial charge in [0.25, 0.3) is 0 Å². The molecule has 2 aromatic carbocycles. The molecule has 1 saturated heterocycles. The van der Waals surface area contributed by atoms with Crippen LogP contribution in [0.15, 0.2) is 48.5 Å². The molecule has 2 aromatic rings. The number of rotatable bonds is 4. The van der Waals surface area contributed by atoms with Crippen molar-refractivity contribution in [2.24, 2.45) is 23.7 Å². The van der Waals surface area contributed by atoms with Crippen LogP contribution >= 0.6 is 0 Å². The average molecular weight is 391 g/mol. The molecule has 3 aliphatic rings. The van der Waals surface area contributed by atoms with E-state index >= 15 is 0 Å². The van der Waals surface area contributed by atoms with Crippen molar-refractivity contribution in [1.82, 2.24) is 0 Å². The van der Waals surface area contributed by atoms with E-state index in [2.05, 4.69) is 0 Å². The summed E-state index contributed by atoms with van der Waals surface area (Å²) in [5, 5.41) is 0. The number of imide groups is 1. The largest absolute Gasteiger partial charge is 0.497 e. The van der Waals surface area contributed by atoms with Gasteiger partial charge in [-0.25, -0.2) is 9.69 Å². The maximum Gasteiger partial charge on any atom is 0.343 e. The number of hydrogen-bond donors (Lipinski definition) is 0. The maximum absolute atomic E-state index is 13.1. The first-order chi connectivity index (χ1) is 14.1. The fourth-order valence-electron chi connectivity index (χ4n) is 5.28. The standard InChI is InChI=1S/C23H21NO5/c1-28-16-6-4-5-15(12-16)23(27)29-18-8-3-2-7-17(18)24-21(25)19-13-9-10-14(11-13)20(19)22(24)26/h2-8,12-14,19-20H,9-11H2,1H3/t13-,14+,19-,20-/m0/s1. The Kier molecular flexibility index (Phi) is 4.15. The average Bonchev–Trinajstić information content (AvgIpc) is 3.42. The van der Waals surface area contributed by atoms with Gasteiger partial charge in [0, 0.05) is 0 Å². The summed E-state index contributed by atoms with van der Waals surface area (Å²) in [6, 6.07) is 13.4. The number of nitrogens with zero attached hydrogens (tertiary/aromatic N) is 1. The Morgan fingerprint density at radius 1 is 0.966 bits per heavy atom. The van der Waals surface area contributed by atoms with Crippen LogP contribution < -0.4 is 14.4 Å². The Labute approximate surface area is 168 Å². The van der Waals surface area contributed by atoms with Gasteiger partial charge < -0.3 is 9.47 Å². The maximum atomic E-state index is 13.1. The third-order valence-electron chi connectivity index (χ3n) is 6.54. The van der Waals surface area contributed by atoms with Crippen LogP contribution in [0.25, 0.3) is 0 Å². The van der Waals surface area contributed by atoms with Crippen molar-refractivity contribution >= 4 is 23.5 Å². The lowest BCUT2D eigenvalue weighted by molar-refractivity contribution is -0.123. The van der Waals surface area contributed by atoms with Gasteiger partial charge in [0.2, 0.25) is 11.8 Å². The highest BCUT2D eigenvalue weighted by Crippen LogP contribution is 2.57. The van der Waals surface area contributed by atoms with Gasteiger partial charge in [-0.1, -0.05) is 18.2 Å². The summed E-state index contributed by atoms with van der Waals surface area (Å²) >= 11 is 0. The molecule has 6 heteroatoms. The molecule has 2 bridgehead atoms. The molecule has 0 spiro atoms. The van der Waals surface area contributed by atoms with E-state index in [1.807, 2.05) is 0 Å². The molecular weight excluding hydrogens is 370 g/mol. The van der Waals surface area contributed by atoms with Crippen molar-refractivity contribution < 1.29 is 23.9 Å². The van der Waals surface area contributed by atoms with Crippen LogP contribution in [0.5, 0.6) is 11.5 Å². The molecule has 3 fully saturated rings. The van der Waals surface area contributed by atoms with E-state index in [0.717, 1.165) is 19.3 Å². The molecule has 2 saturated carbocycles. The molecule has 29 heavy (non-hydrogen) atoms. The number of anilines is 1. The van der Waals surface area contributed by atoms with Crippen molar-refractivity contribution in [1.29, 1.82) is 0 Å². The van der Waals surface area contributed by atoms with Crippen LogP contribution in [0.4, 0.5) is 5.69 Å². The number of amides is 2. The van der Waals surface area contributed by atoms with E-state index < -0.39 is 5.97 Å². The van der Waals surface area contributed by atoms with Crippen LogP contribution in [0.1, 0.15) is 29.6 Å². The molecule has 4 atom stereocenters. The predicted octanol–water partition coefficient (Wildman–Crippen LogP) is 3.45. The van der Waals surface area contributed by atoms with Crippen LogP contribution in [0, 0.1) is 23.7 Å². The van der Waals surface area contributed by atoms with E-state index in [4.69, 9.17) is 9.47 Å². The lowest BCUT2D eigenvalue weighted by Gasteiger charge is -2.20. The Morgan fingerprint density at radius 2 is 1.66 bits per heavy atom. The highest BCUT2D eigenvalue weighted by molar-refractivity contribution is 6.23. The number of hydrogen-bond acceptors (Lipinski definition) is 5. The Morgan fingerprint density at radius 3 is 2.34 bits per heavy atom. The highest BCUT2D eigenvalue weighted by Gasteiger charge is 2.61. The predicted molar refractivity (Wildman–Crippen MR) is 105 cm³/mol. The minimum atomic E-state index is -0.573. The minimum absolute atomic E-state index is 0.155. The monoisotopic (exact) mass is 391 g/mol. The van der Waals surface area contributed by atoms with E-state index in [1.54, 1.807) is 48.5 Å². The van der Waals surface area contributed by atoms with Gasteiger partial charge in [0.15, 0.2) is 5.75 Å². The number of esters is 1. The fourth-order valence-corrected chi connectivity index (χ4v) is 5.28. The second-order valence-electron chi connectivity index (χ2n) is 7.99. The molecule has 2 amide bonds. The van der Waals surface area contributed by atoms with Gasteiger partial charge in [-0.05, 0) is 61.4 Å². The third kappa shape index (κ3) is 2.74. The smallest absolute Gasteiger partial charge is 0.343 e. The topological polar surface area (TPSA) is 72.9 Å². The zero-order valence-corrected chi connectivity index (χ0v) is 16.0. The molecule has 0 N–H and O–H groups in total. The summed E-state index contributed by atoms with van der Waals surface area (Å²) in [5.41, 5.74) is 0.667. The molecule has 2 aliphatic carbocycles. The third-order valence-corrected chi connectivity index (χ3v) is 6.54. The Bertz CT molecular complexity index is 988. The first kappa shape index (κ1) is 17.9. The quantitative estimate of drug-likeness (QED) is 0.453. The second kappa shape index (κ2) is 6.72. The van der Waals surface area contributed by atoms with Crippen LogP contribution in [-0.4, -0.2) is 24.9 Å². The SMILES string of the molecule is COc1cccc(C(=O)Oc2ccccc2N2C(=O)[C@H]3[C@@H]4CC[C@@H](C4)[C@@H]3C2=O)c1. The van der Waals surface area contributed by atoms with Gasteiger partial charge in [-0.15, -0.1) is 0 Å². The van der Waals surface area contributed by atoms with Crippen LogP contribution in [0.3, 0.4) is 0 Å². The molecular formula is C23H21NO5. The van der Waals surface area contributed by atoms with Gasteiger partial charge >= 0.3 is 5.97 Å². The number of benzene rings is 2. The van der Waals surface area contributed by atoms with Gasteiger partial charge in [0.05, 0.1) is 30.2 Å².